The largest absolute Gasteiger partial charge is 0.348 e. The summed E-state index contributed by atoms with van der Waals surface area (Å²) in [6.07, 6.45) is 3.56. The zero-order chi connectivity index (χ0) is 17.5. The standard InChI is InChI=1S/C18H21N3O2S/c1-12(2)16(22)21-14-7-4-6-13(10-14)11-20-17(23)15-8-5-9-19-18(15)24-3/h4-10,12H,11H2,1-3H3,(H,20,23)(H,21,22). The number of nitrogens with zero attached hydrogens (tertiary/aromatic N) is 1. The second kappa shape index (κ2) is 8.49. The number of amides is 2. The first-order chi connectivity index (χ1) is 11.5. The number of hydrogen-bond acceptors (Lipinski definition) is 4. The Bertz CT molecular complexity index is 732. The normalized spacial score (nSPS) is 10.5. The monoisotopic (exact) mass is 343 g/mol. The maximum Gasteiger partial charge on any atom is 0.254 e. The van der Waals surface area contributed by atoms with Gasteiger partial charge in [-0.3, -0.25) is 9.59 Å². The van der Waals surface area contributed by atoms with E-state index in [1.807, 2.05) is 44.4 Å². The third kappa shape index (κ3) is 4.83. The highest BCUT2D eigenvalue weighted by Crippen LogP contribution is 2.17. The lowest BCUT2D eigenvalue weighted by molar-refractivity contribution is -0.118. The summed E-state index contributed by atoms with van der Waals surface area (Å²) < 4.78 is 0. The minimum atomic E-state index is -0.163. The van der Waals surface area contributed by atoms with E-state index in [9.17, 15) is 9.59 Å². The Labute approximate surface area is 146 Å². The molecule has 0 saturated heterocycles. The second-order valence-corrected chi connectivity index (χ2v) is 6.38. The van der Waals surface area contributed by atoms with Crippen LogP contribution in [0.3, 0.4) is 0 Å². The molecule has 0 saturated carbocycles. The molecular formula is C18H21N3O2S. The van der Waals surface area contributed by atoms with Gasteiger partial charge in [0.25, 0.3) is 5.91 Å². The first-order valence-electron chi connectivity index (χ1n) is 7.68. The number of rotatable bonds is 6. The molecule has 6 heteroatoms. The molecular weight excluding hydrogens is 322 g/mol. The lowest BCUT2D eigenvalue weighted by atomic mass is 10.1. The molecule has 126 valence electrons. The van der Waals surface area contributed by atoms with Gasteiger partial charge in [0.05, 0.1) is 5.56 Å². The van der Waals surface area contributed by atoms with Crippen LogP contribution in [-0.2, 0) is 11.3 Å². The van der Waals surface area contributed by atoms with Crippen molar-refractivity contribution in [3.8, 4) is 0 Å². The number of anilines is 1. The van der Waals surface area contributed by atoms with Crippen molar-refractivity contribution in [1.29, 1.82) is 0 Å². The van der Waals surface area contributed by atoms with E-state index in [-0.39, 0.29) is 17.7 Å². The topological polar surface area (TPSA) is 71.1 Å². The highest BCUT2D eigenvalue weighted by atomic mass is 32.2. The van der Waals surface area contributed by atoms with Gasteiger partial charge in [0.2, 0.25) is 5.91 Å². The molecule has 5 nitrogen and oxygen atoms in total. The maximum atomic E-state index is 12.3. The molecule has 0 bridgehead atoms. The Balaban J connectivity index is 2.01. The Kier molecular flexibility index (Phi) is 6.37. The summed E-state index contributed by atoms with van der Waals surface area (Å²) in [5.41, 5.74) is 2.21. The summed E-state index contributed by atoms with van der Waals surface area (Å²) in [5, 5.41) is 6.44. The molecule has 0 aliphatic heterocycles. The van der Waals surface area contributed by atoms with E-state index < -0.39 is 0 Å². The van der Waals surface area contributed by atoms with Crippen LogP contribution in [0, 0.1) is 5.92 Å². The van der Waals surface area contributed by atoms with E-state index in [0.717, 1.165) is 11.3 Å². The molecule has 2 aromatic rings. The first-order valence-corrected chi connectivity index (χ1v) is 8.90. The molecule has 2 amide bonds. The molecule has 0 unspecified atom stereocenters. The van der Waals surface area contributed by atoms with Crippen molar-refractivity contribution in [1.82, 2.24) is 10.3 Å². The third-order valence-corrected chi connectivity index (χ3v) is 4.09. The number of nitrogens with one attached hydrogen (secondary N) is 2. The molecule has 1 aromatic carbocycles. The number of carbonyl (C=O) groups excluding carboxylic acids is 2. The van der Waals surface area contributed by atoms with Crippen LogP contribution < -0.4 is 10.6 Å². The quantitative estimate of drug-likeness (QED) is 0.789. The van der Waals surface area contributed by atoms with Crippen molar-refractivity contribution in [2.45, 2.75) is 25.4 Å². The van der Waals surface area contributed by atoms with E-state index in [1.54, 1.807) is 18.3 Å². The van der Waals surface area contributed by atoms with Crippen LogP contribution in [0.25, 0.3) is 0 Å². The van der Waals surface area contributed by atoms with Crippen molar-refractivity contribution >= 4 is 29.3 Å². The van der Waals surface area contributed by atoms with Gasteiger partial charge in [0, 0.05) is 24.3 Å². The molecule has 2 N–H and O–H groups in total. The van der Waals surface area contributed by atoms with Gasteiger partial charge < -0.3 is 10.6 Å². The predicted octanol–water partition coefficient (Wildman–Crippen LogP) is 3.33. The fraction of sp³-hybridized carbons (Fsp3) is 0.278. The summed E-state index contributed by atoms with van der Waals surface area (Å²) in [7, 11) is 0. The van der Waals surface area contributed by atoms with Crippen molar-refractivity contribution in [2.24, 2.45) is 5.92 Å². The Hall–Kier alpha value is -2.34. The molecule has 2 rings (SSSR count). The molecule has 1 heterocycles. The van der Waals surface area contributed by atoms with E-state index in [0.29, 0.717) is 17.1 Å². The molecule has 0 fully saturated rings. The Morgan fingerprint density at radius 1 is 1.21 bits per heavy atom. The molecule has 0 atom stereocenters. The Morgan fingerprint density at radius 2 is 2.00 bits per heavy atom. The van der Waals surface area contributed by atoms with Crippen LogP contribution in [0.4, 0.5) is 5.69 Å². The second-order valence-electron chi connectivity index (χ2n) is 5.59. The van der Waals surface area contributed by atoms with Gasteiger partial charge in [-0.2, -0.15) is 0 Å². The van der Waals surface area contributed by atoms with E-state index in [1.165, 1.54) is 11.8 Å². The average molecular weight is 343 g/mol. The van der Waals surface area contributed by atoms with Gasteiger partial charge in [-0.05, 0) is 36.1 Å². The number of pyridine rings is 1. The van der Waals surface area contributed by atoms with Gasteiger partial charge in [0.15, 0.2) is 0 Å². The minimum Gasteiger partial charge on any atom is -0.348 e. The van der Waals surface area contributed by atoms with E-state index in [2.05, 4.69) is 15.6 Å². The zero-order valence-corrected chi connectivity index (χ0v) is 14.8. The highest BCUT2D eigenvalue weighted by molar-refractivity contribution is 7.98. The van der Waals surface area contributed by atoms with E-state index in [4.69, 9.17) is 0 Å². The van der Waals surface area contributed by atoms with Gasteiger partial charge in [0.1, 0.15) is 5.03 Å². The number of aromatic nitrogens is 1. The van der Waals surface area contributed by atoms with Crippen molar-refractivity contribution in [3.05, 3.63) is 53.7 Å². The van der Waals surface area contributed by atoms with Crippen LogP contribution in [0.2, 0.25) is 0 Å². The predicted molar refractivity (Wildman–Crippen MR) is 97.1 cm³/mol. The molecule has 24 heavy (non-hydrogen) atoms. The molecule has 0 aliphatic rings. The summed E-state index contributed by atoms with van der Waals surface area (Å²) in [6.45, 7) is 4.07. The van der Waals surface area contributed by atoms with Crippen LogP contribution in [0.1, 0.15) is 29.8 Å². The summed E-state index contributed by atoms with van der Waals surface area (Å²) in [5.74, 6) is -0.274. The van der Waals surface area contributed by atoms with Gasteiger partial charge in [-0.15, -0.1) is 11.8 Å². The summed E-state index contributed by atoms with van der Waals surface area (Å²) >= 11 is 1.44. The zero-order valence-electron chi connectivity index (χ0n) is 14.0. The first kappa shape index (κ1) is 18.0. The van der Waals surface area contributed by atoms with Crippen molar-refractivity contribution in [3.63, 3.8) is 0 Å². The van der Waals surface area contributed by atoms with Crippen LogP contribution in [-0.4, -0.2) is 23.1 Å². The van der Waals surface area contributed by atoms with Crippen molar-refractivity contribution < 1.29 is 9.59 Å². The number of thioether (sulfide) groups is 1. The van der Waals surface area contributed by atoms with Gasteiger partial charge >= 0.3 is 0 Å². The summed E-state index contributed by atoms with van der Waals surface area (Å²) in [6, 6.07) is 11.0. The minimum absolute atomic E-state index is 0.0313. The SMILES string of the molecule is CSc1ncccc1C(=O)NCc1cccc(NC(=O)C(C)C)c1. The lowest BCUT2D eigenvalue weighted by Gasteiger charge is -2.11. The van der Waals surface area contributed by atoms with Crippen LogP contribution in [0.5, 0.6) is 0 Å². The molecule has 0 radical (unpaired) electrons. The summed E-state index contributed by atoms with van der Waals surface area (Å²) in [4.78, 5) is 28.3. The average Bonchev–Trinajstić information content (AvgIpc) is 2.59. The van der Waals surface area contributed by atoms with Gasteiger partial charge in [-0.25, -0.2) is 4.98 Å². The number of benzene rings is 1. The van der Waals surface area contributed by atoms with E-state index >= 15 is 0 Å². The molecule has 0 spiro atoms. The van der Waals surface area contributed by atoms with Gasteiger partial charge in [-0.1, -0.05) is 26.0 Å². The fourth-order valence-electron chi connectivity index (χ4n) is 2.05. The fourth-order valence-corrected chi connectivity index (χ4v) is 2.60. The Morgan fingerprint density at radius 3 is 2.71 bits per heavy atom. The number of carbonyl (C=O) groups is 2. The van der Waals surface area contributed by atoms with Crippen LogP contribution >= 0.6 is 11.8 Å². The third-order valence-electron chi connectivity index (χ3n) is 3.38. The lowest BCUT2D eigenvalue weighted by Crippen LogP contribution is -2.24. The molecule has 0 aliphatic carbocycles. The van der Waals surface area contributed by atoms with Crippen molar-refractivity contribution in [2.75, 3.05) is 11.6 Å². The van der Waals surface area contributed by atoms with Crippen LogP contribution in [0.15, 0.2) is 47.6 Å². The number of hydrogen-bond donors (Lipinski definition) is 2. The highest BCUT2D eigenvalue weighted by Gasteiger charge is 2.11. The molecule has 1 aromatic heterocycles. The maximum absolute atomic E-state index is 12.3. The smallest absolute Gasteiger partial charge is 0.254 e.